The van der Waals surface area contributed by atoms with E-state index in [0.29, 0.717) is 31.7 Å². The molecule has 0 aromatic carbocycles. The Labute approximate surface area is 219 Å². The molecule has 7 atom stereocenters. The number of hydrogen-bond donors (Lipinski definition) is 3. The van der Waals surface area contributed by atoms with Crippen LogP contribution < -0.4 is 5.32 Å². The highest BCUT2D eigenvalue weighted by molar-refractivity contribution is 5.92. The molecule has 4 aliphatic rings. The molecule has 8 heteroatoms. The first kappa shape index (κ1) is 28.0. The predicted molar refractivity (Wildman–Crippen MR) is 136 cm³/mol. The number of hydrogen-bond acceptors (Lipinski definition) is 7. The quantitative estimate of drug-likeness (QED) is 0.422. The lowest BCUT2D eigenvalue weighted by atomic mass is 9.45. The summed E-state index contributed by atoms with van der Waals surface area (Å²) < 4.78 is 5.18. The van der Waals surface area contributed by atoms with Crippen LogP contribution in [0.1, 0.15) is 85.5 Å². The van der Waals surface area contributed by atoms with Crippen molar-refractivity contribution < 1.29 is 34.1 Å². The molecule has 4 aliphatic carbocycles. The number of Topliss-reactive ketones (excluding diaryl/α,β-unsaturated/α-hetero) is 1. The van der Waals surface area contributed by atoms with Crippen molar-refractivity contribution in [1.82, 2.24) is 5.32 Å². The molecule has 8 nitrogen and oxygen atoms in total. The number of amides is 1. The zero-order valence-corrected chi connectivity index (χ0v) is 22.7. The van der Waals surface area contributed by atoms with E-state index in [1.807, 2.05) is 20.8 Å². The number of esters is 1. The van der Waals surface area contributed by atoms with Crippen LogP contribution in [0.3, 0.4) is 0 Å². The van der Waals surface area contributed by atoms with E-state index in [1.165, 1.54) is 0 Å². The van der Waals surface area contributed by atoms with Crippen LogP contribution in [0.15, 0.2) is 11.6 Å². The third-order valence-electron chi connectivity index (χ3n) is 10.1. The Morgan fingerprint density at radius 3 is 2.57 bits per heavy atom. The molecule has 206 valence electrons. The van der Waals surface area contributed by atoms with E-state index in [-0.39, 0.29) is 54.1 Å². The number of fused-ring (bicyclic) bond motifs is 5. The van der Waals surface area contributed by atoms with Crippen LogP contribution >= 0.6 is 0 Å². The molecule has 0 heterocycles. The molecule has 0 aromatic heterocycles. The van der Waals surface area contributed by atoms with E-state index in [0.717, 1.165) is 24.8 Å². The first-order valence-corrected chi connectivity index (χ1v) is 13.9. The number of aliphatic hydroxyl groups is 2. The summed E-state index contributed by atoms with van der Waals surface area (Å²) in [6.45, 7) is 8.02. The monoisotopic (exact) mass is 517 g/mol. The largest absolute Gasteiger partial charge is 0.458 e. The standard InChI is InChI=1S/C29H43NO7/c1-17(2)15-30-24(34)7-8-25(35)37-16-23(33)29(36)12-10-21-20-6-5-18-13-19(31)9-11-27(18,3)26(20)22(32)14-28(21,29)4/h13,17,20-22,26,32,36H,5-12,14-16H2,1-4H3,(H,30,34)/t20-,21+,22+,26-,27-,28-,29-/m0/s1. The number of allylic oxidation sites excluding steroid dienone is 1. The van der Waals surface area contributed by atoms with Crippen LogP contribution in [0.25, 0.3) is 0 Å². The normalized spacial score (nSPS) is 38.8. The van der Waals surface area contributed by atoms with E-state index in [9.17, 15) is 29.4 Å². The van der Waals surface area contributed by atoms with Gasteiger partial charge in [-0.05, 0) is 73.7 Å². The molecule has 0 aliphatic heterocycles. The first-order chi connectivity index (χ1) is 17.3. The van der Waals surface area contributed by atoms with Crippen LogP contribution in [0.4, 0.5) is 0 Å². The van der Waals surface area contributed by atoms with Gasteiger partial charge >= 0.3 is 5.97 Å². The number of carbonyl (C=O) groups is 4. The fourth-order valence-electron chi connectivity index (χ4n) is 8.11. The van der Waals surface area contributed by atoms with E-state index in [4.69, 9.17) is 4.74 Å². The van der Waals surface area contributed by atoms with Gasteiger partial charge < -0.3 is 20.3 Å². The zero-order chi connectivity index (χ0) is 27.2. The molecule has 1 amide bonds. The number of rotatable bonds is 8. The Bertz CT molecular complexity index is 989. The van der Waals surface area contributed by atoms with Crippen LogP contribution in [0, 0.1) is 34.5 Å². The fourth-order valence-corrected chi connectivity index (χ4v) is 8.11. The summed E-state index contributed by atoms with van der Waals surface area (Å²) >= 11 is 0. The molecule has 4 rings (SSSR count). The molecular formula is C29H43NO7. The van der Waals surface area contributed by atoms with Crippen LogP contribution in [-0.4, -0.2) is 58.5 Å². The molecule has 3 N–H and O–H groups in total. The van der Waals surface area contributed by atoms with Crippen LogP contribution in [0.5, 0.6) is 0 Å². The third-order valence-corrected chi connectivity index (χ3v) is 10.1. The highest BCUT2D eigenvalue weighted by atomic mass is 16.5. The topological polar surface area (TPSA) is 130 Å². The molecule has 3 saturated carbocycles. The van der Waals surface area contributed by atoms with Crippen molar-refractivity contribution in [1.29, 1.82) is 0 Å². The second-order valence-electron chi connectivity index (χ2n) is 12.8. The number of ketones is 2. The predicted octanol–water partition coefficient (Wildman–Crippen LogP) is 2.88. The molecule has 0 bridgehead atoms. The maximum absolute atomic E-state index is 13.3. The van der Waals surface area contributed by atoms with Gasteiger partial charge in [-0.25, -0.2) is 0 Å². The van der Waals surface area contributed by atoms with Gasteiger partial charge in [0.05, 0.1) is 12.5 Å². The fraction of sp³-hybridized carbons (Fsp3) is 0.793. The van der Waals surface area contributed by atoms with E-state index in [2.05, 4.69) is 12.2 Å². The molecule has 0 saturated heterocycles. The molecule has 0 radical (unpaired) electrons. The smallest absolute Gasteiger partial charge is 0.306 e. The van der Waals surface area contributed by atoms with Gasteiger partial charge in [0.15, 0.2) is 12.4 Å². The van der Waals surface area contributed by atoms with Crippen molar-refractivity contribution in [3.05, 3.63) is 11.6 Å². The second kappa shape index (κ2) is 10.3. The summed E-state index contributed by atoms with van der Waals surface area (Å²) in [5, 5.41) is 25.9. The van der Waals surface area contributed by atoms with Crippen LogP contribution in [-0.2, 0) is 23.9 Å². The number of carbonyl (C=O) groups excluding carboxylic acids is 4. The Balaban J connectivity index is 1.41. The van der Waals surface area contributed by atoms with Gasteiger partial charge in [0.25, 0.3) is 0 Å². The minimum atomic E-state index is -1.68. The minimum Gasteiger partial charge on any atom is -0.458 e. The van der Waals surface area contributed by atoms with Gasteiger partial charge in [0.2, 0.25) is 11.7 Å². The maximum atomic E-state index is 13.3. The van der Waals surface area contributed by atoms with Crippen molar-refractivity contribution in [3.63, 3.8) is 0 Å². The third kappa shape index (κ3) is 4.91. The van der Waals surface area contributed by atoms with Crippen molar-refractivity contribution in [2.45, 2.75) is 97.2 Å². The molecule has 0 unspecified atom stereocenters. The van der Waals surface area contributed by atoms with Gasteiger partial charge in [-0.15, -0.1) is 0 Å². The summed E-state index contributed by atoms with van der Waals surface area (Å²) in [5.74, 6) is -0.749. The Kier molecular flexibility index (Phi) is 7.75. The van der Waals surface area contributed by atoms with E-state index in [1.54, 1.807) is 6.08 Å². The lowest BCUT2D eigenvalue weighted by Crippen LogP contribution is -2.62. The lowest BCUT2D eigenvalue weighted by molar-refractivity contribution is -0.184. The number of ether oxygens (including phenoxy) is 1. The zero-order valence-electron chi connectivity index (χ0n) is 22.7. The van der Waals surface area contributed by atoms with Gasteiger partial charge in [0.1, 0.15) is 5.60 Å². The van der Waals surface area contributed by atoms with Gasteiger partial charge in [-0.1, -0.05) is 33.3 Å². The van der Waals surface area contributed by atoms with Crippen molar-refractivity contribution >= 4 is 23.4 Å². The molecule has 3 fully saturated rings. The average Bonchev–Trinajstić information content (AvgIpc) is 3.11. The maximum Gasteiger partial charge on any atom is 0.306 e. The number of nitrogens with one attached hydrogen (secondary N) is 1. The molecule has 37 heavy (non-hydrogen) atoms. The summed E-state index contributed by atoms with van der Waals surface area (Å²) in [6, 6.07) is 0. The Morgan fingerprint density at radius 1 is 1.14 bits per heavy atom. The van der Waals surface area contributed by atoms with E-state index >= 15 is 0 Å². The first-order valence-electron chi connectivity index (χ1n) is 13.9. The summed E-state index contributed by atoms with van der Waals surface area (Å²) in [5.41, 5.74) is -1.60. The van der Waals surface area contributed by atoms with Crippen molar-refractivity contribution in [2.75, 3.05) is 13.2 Å². The van der Waals surface area contributed by atoms with Crippen molar-refractivity contribution in [3.8, 4) is 0 Å². The SMILES string of the molecule is CC(C)CNC(=O)CCC(=O)OCC(=O)[C@@]1(O)CC[C@@H]2[C@@H]3CCC4=CC(=O)CC[C@]4(C)[C@@H]3[C@H](O)C[C@@]21C. The highest BCUT2D eigenvalue weighted by Gasteiger charge is 2.68. The summed E-state index contributed by atoms with van der Waals surface area (Å²) in [7, 11) is 0. The van der Waals surface area contributed by atoms with Gasteiger partial charge in [-0.2, -0.15) is 0 Å². The lowest BCUT2D eigenvalue weighted by Gasteiger charge is -2.60. The Morgan fingerprint density at radius 2 is 1.86 bits per heavy atom. The van der Waals surface area contributed by atoms with Crippen molar-refractivity contribution in [2.24, 2.45) is 34.5 Å². The molecule has 0 spiro atoms. The summed E-state index contributed by atoms with van der Waals surface area (Å²) in [6.07, 6.45) is 5.04. The van der Waals surface area contributed by atoms with Gasteiger partial charge in [-0.3, -0.25) is 19.2 Å². The highest BCUT2D eigenvalue weighted by Crippen LogP contribution is 2.67. The Hall–Kier alpha value is -2.06. The van der Waals surface area contributed by atoms with E-state index < -0.39 is 35.5 Å². The minimum absolute atomic E-state index is 0.00389. The van der Waals surface area contributed by atoms with Gasteiger partial charge in [0, 0.05) is 24.8 Å². The van der Waals surface area contributed by atoms with Crippen LogP contribution in [0.2, 0.25) is 0 Å². The average molecular weight is 518 g/mol. The number of aliphatic hydroxyl groups excluding tert-OH is 1. The summed E-state index contributed by atoms with van der Waals surface area (Å²) in [4.78, 5) is 49.4. The molecule has 0 aromatic rings. The molecular weight excluding hydrogens is 474 g/mol. The second-order valence-corrected chi connectivity index (χ2v) is 12.8.